The van der Waals surface area contributed by atoms with Crippen LogP contribution in [0.4, 0.5) is 24.9 Å². The molecule has 21 heavy (non-hydrogen) atoms. The number of hydrogen-bond acceptors (Lipinski definition) is 5. The van der Waals surface area contributed by atoms with Crippen LogP contribution >= 0.6 is 0 Å². The Kier molecular flexibility index (Phi) is 4.17. The van der Waals surface area contributed by atoms with Crippen molar-refractivity contribution < 1.29 is 17.6 Å². The van der Waals surface area contributed by atoms with Crippen LogP contribution in [0.1, 0.15) is 26.7 Å². The van der Waals surface area contributed by atoms with E-state index in [2.05, 4.69) is 20.8 Å². The number of benzene rings is 1. The van der Waals surface area contributed by atoms with E-state index >= 15 is 0 Å². The largest absolute Gasteiger partial charge is 0.406 e. The van der Waals surface area contributed by atoms with Gasteiger partial charge in [0.15, 0.2) is 11.6 Å². The van der Waals surface area contributed by atoms with E-state index in [4.69, 9.17) is 4.42 Å². The van der Waals surface area contributed by atoms with Gasteiger partial charge in [-0.2, -0.15) is 0 Å². The molecule has 0 amide bonds. The van der Waals surface area contributed by atoms with Gasteiger partial charge in [-0.25, -0.2) is 13.2 Å². The van der Waals surface area contributed by atoms with E-state index in [-0.39, 0.29) is 23.1 Å². The minimum Gasteiger partial charge on any atom is -0.406 e. The molecule has 114 valence electrons. The highest BCUT2D eigenvalue weighted by Gasteiger charge is 2.14. The molecule has 0 atom stereocenters. The summed E-state index contributed by atoms with van der Waals surface area (Å²) in [7, 11) is 0. The number of halogens is 3. The quantitative estimate of drug-likeness (QED) is 0.849. The first-order valence-electron chi connectivity index (χ1n) is 6.23. The van der Waals surface area contributed by atoms with Gasteiger partial charge in [-0.15, -0.1) is 5.10 Å². The number of aromatic nitrogens is 2. The molecule has 0 aliphatic rings. The van der Waals surface area contributed by atoms with Crippen molar-refractivity contribution in [3.63, 3.8) is 0 Å². The minimum absolute atomic E-state index is 0.106. The molecule has 8 heteroatoms. The molecule has 0 radical (unpaired) electrons. The summed E-state index contributed by atoms with van der Waals surface area (Å²) < 4.78 is 44.6. The number of rotatable bonds is 4. The third kappa shape index (κ3) is 4.19. The second-order valence-corrected chi connectivity index (χ2v) is 5.48. The van der Waals surface area contributed by atoms with Gasteiger partial charge in [-0.3, -0.25) is 0 Å². The number of anilines is 2. The second kappa shape index (κ2) is 5.72. The summed E-state index contributed by atoms with van der Waals surface area (Å²) in [6, 6.07) is 1.02. The van der Waals surface area contributed by atoms with Gasteiger partial charge >= 0.3 is 6.01 Å². The van der Waals surface area contributed by atoms with Crippen LogP contribution in [0.5, 0.6) is 0 Å². The summed E-state index contributed by atoms with van der Waals surface area (Å²) in [6.45, 7) is 6.25. The van der Waals surface area contributed by atoms with Crippen LogP contribution in [-0.2, 0) is 6.54 Å². The van der Waals surface area contributed by atoms with Gasteiger partial charge in [-0.05, 0) is 20.8 Å². The van der Waals surface area contributed by atoms with Crippen LogP contribution in [0.2, 0.25) is 0 Å². The molecule has 1 heterocycles. The van der Waals surface area contributed by atoms with E-state index in [1.807, 2.05) is 20.8 Å². The first-order chi connectivity index (χ1) is 9.74. The second-order valence-electron chi connectivity index (χ2n) is 5.48. The van der Waals surface area contributed by atoms with Crippen molar-refractivity contribution in [2.45, 2.75) is 32.9 Å². The van der Waals surface area contributed by atoms with Crippen LogP contribution in [0.15, 0.2) is 16.5 Å². The molecule has 2 rings (SSSR count). The van der Waals surface area contributed by atoms with Crippen LogP contribution in [0.3, 0.4) is 0 Å². The number of hydrogen-bond donors (Lipinski definition) is 2. The molecular formula is C13H15F3N4O. The first-order valence-corrected chi connectivity index (χ1v) is 6.23. The van der Waals surface area contributed by atoms with E-state index in [9.17, 15) is 13.2 Å². The van der Waals surface area contributed by atoms with Gasteiger partial charge in [0.25, 0.3) is 0 Å². The fourth-order valence-corrected chi connectivity index (χ4v) is 1.45. The SMILES string of the molecule is CC(C)(C)NCc1nnc(Nc2cc(F)c(F)cc2F)o1. The molecule has 0 saturated heterocycles. The summed E-state index contributed by atoms with van der Waals surface area (Å²) in [5, 5.41) is 13.0. The molecule has 5 nitrogen and oxygen atoms in total. The Bertz CT molecular complexity index is 637. The fourth-order valence-electron chi connectivity index (χ4n) is 1.45. The van der Waals surface area contributed by atoms with Crippen molar-refractivity contribution in [2.24, 2.45) is 0 Å². The summed E-state index contributed by atoms with van der Waals surface area (Å²) in [5.41, 5.74) is -0.415. The van der Waals surface area contributed by atoms with Crippen molar-refractivity contribution in [3.8, 4) is 0 Å². The van der Waals surface area contributed by atoms with Gasteiger partial charge in [0.1, 0.15) is 5.82 Å². The van der Waals surface area contributed by atoms with Crippen molar-refractivity contribution in [1.29, 1.82) is 0 Å². The lowest BCUT2D eigenvalue weighted by atomic mass is 10.1. The van der Waals surface area contributed by atoms with E-state index in [1.165, 1.54) is 0 Å². The van der Waals surface area contributed by atoms with Crippen molar-refractivity contribution in [2.75, 3.05) is 5.32 Å². The topological polar surface area (TPSA) is 63.0 Å². The predicted octanol–water partition coefficient (Wildman–Crippen LogP) is 3.12. The predicted molar refractivity (Wildman–Crippen MR) is 70.5 cm³/mol. The fraction of sp³-hybridized carbons (Fsp3) is 0.385. The molecule has 2 N–H and O–H groups in total. The highest BCUT2D eigenvalue weighted by atomic mass is 19.2. The molecule has 1 aromatic carbocycles. The zero-order valence-corrected chi connectivity index (χ0v) is 11.8. The molecule has 0 saturated carbocycles. The molecular weight excluding hydrogens is 285 g/mol. The number of nitrogens with one attached hydrogen (secondary N) is 2. The van der Waals surface area contributed by atoms with Gasteiger partial charge in [0.05, 0.1) is 12.2 Å². The Hall–Kier alpha value is -2.09. The zero-order valence-electron chi connectivity index (χ0n) is 11.8. The molecule has 0 aliphatic heterocycles. The third-order valence-corrected chi connectivity index (χ3v) is 2.49. The van der Waals surface area contributed by atoms with Crippen molar-refractivity contribution in [1.82, 2.24) is 15.5 Å². The Morgan fingerprint density at radius 3 is 2.38 bits per heavy atom. The standard InChI is InChI=1S/C13H15F3N4O/c1-13(2,3)17-6-11-19-20-12(21-11)18-10-5-8(15)7(14)4-9(10)16/h4-5,17H,6H2,1-3H3,(H,18,20). The zero-order chi connectivity index (χ0) is 15.6. The average molecular weight is 300 g/mol. The molecule has 0 aliphatic carbocycles. The van der Waals surface area contributed by atoms with E-state index < -0.39 is 17.5 Å². The lowest BCUT2D eigenvalue weighted by Crippen LogP contribution is -2.35. The summed E-state index contributed by atoms with van der Waals surface area (Å²) in [4.78, 5) is 0. The summed E-state index contributed by atoms with van der Waals surface area (Å²) in [5.74, 6) is -3.11. The van der Waals surface area contributed by atoms with E-state index in [0.29, 0.717) is 18.7 Å². The van der Waals surface area contributed by atoms with Crippen LogP contribution in [0, 0.1) is 17.5 Å². The van der Waals surface area contributed by atoms with Crippen LogP contribution < -0.4 is 10.6 Å². The lowest BCUT2D eigenvalue weighted by Gasteiger charge is -2.18. The van der Waals surface area contributed by atoms with E-state index in [0.717, 1.165) is 0 Å². The molecule has 0 fully saturated rings. The smallest absolute Gasteiger partial charge is 0.320 e. The van der Waals surface area contributed by atoms with Gasteiger partial charge in [-0.1, -0.05) is 5.10 Å². The number of nitrogens with zero attached hydrogens (tertiary/aromatic N) is 2. The summed E-state index contributed by atoms with van der Waals surface area (Å²) >= 11 is 0. The Labute approximate surface area is 119 Å². The lowest BCUT2D eigenvalue weighted by molar-refractivity contribution is 0.384. The molecule has 1 aromatic heterocycles. The molecule has 2 aromatic rings. The third-order valence-electron chi connectivity index (χ3n) is 2.49. The summed E-state index contributed by atoms with van der Waals surface area (Å²) in [6.07, 6.45) is 0. The van der Waals surface area contributed by atoms with E-state index in [1.54, 1.807) is 0 Å². The van der Waals surface area contributed by atoms with Crippen molar-refractivity contribution >= 4 is 11.7 Å². The molecule has 0 spiro atoms. The van der Waals surface area contributed by atoms with Crippen LogP contribution in [-0.4, -0.2) is 15.7 Å². The normalized spacial score (nSPS) is 11.7. The molecule has 0 bridgehead atoms. The highest BCUT2D eigenvalue weighted by Crippen LogP contribution is 2.22. The van der Waals surface area contributed by atoms with Crippen molar-refractivity contribution in [3.05, 3.63) is 35.5 Å². The Balaban J connectivity index is 2.07. The van der Waals surface area contributed by atoms with Gasteiger partial charge in [0, 0.05) is 17.7 Å². The highest BCUT2D eigenvalue weighted by molar-refractivity contribution is 5.52. The first kappa shape index (κ1) is 15.3. The maximum atomic E-state index is 13.5. The Morgan fingerprint density at radius 1 is 1.05 bits per heavy atom. The van der Waals surface area contributed by atoms with Gasteiger partial charge in [0.2, 0.25) is 5.89 Å². The maximum Gasteiger partial charge on any atom is 0.320 e. The Morgan fingerprint density at radius 2 is 1.71 bits per heavy atom. The monoisotopic (exact) mass is 300 g/mol. The average Bonchev–Trinajstić information content (AvgIpc) is 2.80. The molecule has 0 unspecified atom stereocenters. The maximum absolute atomic E-state index is 13.5. The van der Waals surface area contributed by atoms with Gasteiger partial charge < -0.3 is 15.1 Å². The minimum atomic E-state index is -1.27. The van der Waals surface area contributed by atoms with Crippen LogP contribution in [0.25, 0.3) is 0 Å².